The van der Waals surface area contributed by atoms with E-state index in [1.807, 2.05) is 18.2 Å². The maximum Gasteiger partial charge on any atom is 0.119 e. The lowest BCUT2D eigenvalue weighted by atomic mass is 10.1. The van der Waals surface area contributed by atoms with Crippen LogP contribution < -0.4 is 10.1 Å². The number of nitrogens with one attached hydrogen (secondary N) is 1. The maximum atomic E-state index is 5.23. The van der Waals surface area contributed by atoms with Crippen LogP contribution in [0.4, 0.5) is 0 Å². The molecule has 1 N–H and O–H groups in total. The van der Waals surface area contributed by atoms with E-state index in [2.05, 4.69) is 46.8 Å². The molecule has 15 heavy (non-hydrogen) atoms. The van der Waals surface area contributed by atoms with Gasteiger partial charge in [-0.05, 0) is 24.6 Å². The smallest absolute Gasteiger partial charge is 0.119 e. The predicted molar refractivity (Wildman–Crippen MR) is 71.2 cm³/mol. The highest BCUT2D eigenvalue weighted by Crippen LogP contribution is 2.30. The van der Waals surface area contributed by atoms with Gasteiger partial charge in [-0.3, -0.25) is 5.32 Å². The molecular weight excluding hydrogens is 301 g/mol. The predicted octanol–water partition coefficient (Wildman–Crippen LogP) is 2.53. The van der Waals surface area contributed by atoms with E-state index < -0.39 is 0 Å². The summed E-state index contributed by atoms with van der Waals surface area (Å²) in [6, 6.07) is 7.97. The standard InChI is InChI=1S/C12H14INO/c1-4-8-14-12(2,13)10-6-5-7-11(9-10)15-3/h1,5-7,9,14H,8H2,2-3H3. The van der Waals surface area contributed by atoms with Crippen LogP contribution in [-0.4, -0.2) is 13.7 Å². The summed E-state index contributed by atoms with van der Waals surface area (Å²) in [6.07, 6.45) is 5.23. The van der Waals surface area contributed by atoms with E-state index in [0.29, 0.717) is 6.54 Å². The van der Waals surface area contributed by atoms with E-state index in [9.17, 15) is 0 Å². The van der Waals surface area contributed by atoms with Crippen LogP contribution in [0.15, 0.2) is 24.3 Å². The highest BCUT2D eigenvalue weighted by molar-refractivity contribution is 14.1. The summed E-state index contributed by atoms with van der Waals surface area (Å²) in [4.78, 5) is 0. The number of hydrogen-bond acceptors (Lipinski definition) is 2. The lowest BCUT2D eigenvalue weighted by molar-refractivity contribution is 0.413. The molecule has 1 aromatic rings. The molecule has 0 bridgehead atoms. The van der Waals surface area contributed by atoms with Crippen LogP contribution >= 0.6 is 22.6 Å². The zero-order chi connectivity index (χ0) is 11.3. The minimum atomic E-state index is -0.168. The summed E-state index contributed by atoms with van der Waals surface area (Å²) < 4.78 is 5.02. The van der Waals surface area contributed by atoms with Gasteiger partial charge in [-0.15, -0.1) is 6.42 Å². The number of benzene rings is 1. The Morgan fingerprint density at radius 3 is 2.93 bits per heavy atom. The molecule has 1 atom stereocenters. The summed E-state index contributed by atoms with van der Waals surface area (Å²) in [5.74, 6) is 3.43. The van der Waals surface area contributed by atoms with Gasteiger partial charge in [0.15, 0.2) is 0 Å². The molecule has 80 valence electrons. The third kappa shape index (κ3) is 3.40. The van der Waals surface area contributed by atoms with Gasteiger partial charge >= 0.3 is 0 Å². The van der Waals surface area contributed by atoms with Gasteiger partial charge in [0.25, 0.3) is 0 Å². The average Bonchev–Trinajstić information content (AvgIpc) is 2.26. The Kier molecular flexibility index (Phi) is 4.43. The fraction of sp³-hybridized carbons (Fsp3) is 0.333. The first-order chi connectivity index (χ1) is 7.10. The average molecular weight is 315 g/mol. The highest BCUT2D eigenvalue weighted by Gasteiger charge is 2.21. The van der Waals surface area contributed by atoms with Gasteiger partial charge in [-0.25, -0.2) is 0 Å². The van der Waals surface area contributed by atoms with E-state index in [1.165, 1.54) is 0 Å². The Morgan fingerprint density at radius 2 is 2.33 bits per heavy atom. The van der Waals surface area contributed by atoms with Crippen molar-refractivity contribution in [1.82, 2.24) is 5.32 Å². The largest absolute Gasteiger partial charge is 0.497 e. The van der Waals surface area contributed by atoms with E-state index in [0.717, 1.165) is 11.3 Å². The molecule has 0 aromatic heterocycles. The van der Waals surface area contributed by atoms with Crippen molar-refractivity contribution in [3.63, 3.8) is 0 Å². The van der Waals surface area contributed by atoms with Crippen molar-refractivity contribution in [1.29, 1.82) is 0 Å². The third-order valence-electron chi connectivity index (χ3n) is 2.13. The quantitative estimate of drug-likeness (QED) is 0.399. The van der Waals surface area contributed by atoms with Crippen LogP contribution in [0.3, 0.4) is 0 Å². The topological polar surface area (TPSA) is 21.3 Å². The highest BCUT2D eigenvalue weighted by atomic mass is 127. The molecule has 0 spiro atoms. The van der Waals surface area contributed by atoms with E-state index in [1.54, 1.807) is 7.11 Å². The van der Waals surface area contributed by atoms with E-state index >= 15 is 0 Å². The van der Waals surface area contributed by atoms with Crippen LogP contribution in [0, 0.1) is 12.3 Å². The molecule has 0 heterocycles. The molecular formula is C12H14INO. The normalized spacial score (nSPS) is 14.0. The molecule has 0 radical (unpaired) electrons. The second-order valence-corrected chi connectivity index (χ2v) is 5.45. The SMILES string of the molecule is C#CCNC(C)(I)c1cccc(OC)c1. The molecule has 0 saturated heterocycles. The Morgan fingerprint density at radius 1 is 1.60 bits per heavy atom. The number of alkyl halides is 1. The lowest BCUT2D eigenvalue weighted by Crippen LogP contribution is -2.33. The molecule has 0 amide bonds. The Hall–Kier alpha value is -0.730. The number of methoxy groups -OCH3 is 1. The van der Waals surface area contributed by atoms with Gasteiger partial charge in [-0.1, -0.05) is 40.6 Å². The maximum absolute atomic E-state index is 5.23. The lowest BCUT2D eigenvalue weighted by Gasteiger charge is -2.24. The van der Waals surface area contributed by atoms with Gasteiger partial charge in [0, 0.05) is 0 Å². The van der Waals surface area contributed by atoms with Crippen LogP contribution in [0.5, 0.6) is 5.75 Å². The first-order valence-electron chi connectivity index (χ1n) is 4.62. The van der Waals surface area contributed by atoms with Crippen LogP contribution in [-0.2, 0) is 3.55 Å². The minimum absolute atomic E-state index is 0.168. The van der Waals surface area contributed by atoms with Gasteiger partial charge in [0.05, 0.1) is 17.2 Å². The number of rotatable bonds is 4. The Bertz CT molecular complexity index is 368. The van der Waals surface area contributed by atoms with Crippen molar-refractivity contribution in [2.24, 2.45) is 0 Å². The molecule has 0 saturated carbocycles. The van der Waals surface area contributed by atoms with Crippen LogP contribution in [0.25, 0.3) is 0 Å². The van der Waals surface area contributed by atoms with Gasteiger partial charge in [-0.2, -0.15) is 0 Å². The van der Waals surface area contributed by atoms with Crippen LogP contribution in [0.2, 0.25) is 0 Å². The Labute approximate surface area is 105 Å². The van der Waals surface area contributed by atoms with Crippen molar-refractivity contribution >= 4 is 22.6 Å². The van der Waals surface area contributed by atoms with Gasteiger partial charge in [0.2, 0.25) is 0 Å². The first-order valence-corrected chi connectivity index (χ1v) is 5.70. The summed E-state index contributed by atoms with van der Waals surface area (Å²) in [5.41, 5.74) is 1.15. The zero-order valence-corrected chi connectivity index (χ0v) is 11.0. The summed E-state index contributed by atoms with van der Waals surface area (Å²) in [5, 5.41) is 3.27. The number of hydrogen-bond donors (Lipinski definition) is 1. The molecule has 0 aliphatic heterocycles. The molecule has 0 aliphatic carbocycles. The number of terminal acetylenes is 1. The van der Waals surface area contributed by atoms with Crippen molar-refractivity contribution in [3.8, 4) is 18.1 Å². The third-order valence-corrected chi connectivity index (χ3v) is 3.14. The second-order valence-electron chi connectivity index (χ2n) is 3.29. The first kappa shape index (κ1) is 12.3. The van der Waals surface area contributed by atoms with Crippen molar-refractivity contribution < 1.29 is 4.74 Å². The van der Waals surface area contributed by atoms with Crippen molar-refractivity contribution in [3.05, 3.63) is 29.8 Å². The monoisotopic (exact) mass is 315 g/mol. The summed E-state index contributed by atoms with van der Waals surface area (Å²) in [6.45, 7) is 2.64. The second kappa shape index (κ2) is 5.38. The number of ether oxygens (including phenoxy) is 1. The molecule has 3 heteroatoms. The molecule has 0 fully saturated rings. The summed E-state index contributed by atoms with van der Waals surface area (Å²) >= 11 is 2.34. The van der Waals surface area contributed by atoms with Crippen molar-refractivity contribution in [2.75, 3.05) is 13.7 Å². The van der Waals surface area contributed by atoms with Gasteiger partial charge < -0.3 is 4.74 Å². The fourth-order valence-corrected chi connectivity index (χ4v) is 1.76. The van der Waals surface area contributed by atoms with E-state index in [-0.39, 0.29) is 3.55 Å². The molecule has 0 aliphatic rings. The number of halogens is 1. The molecule has 2 nitrogen and oxygen atoms in total. The fourth-order valence-electron chi connectivity index (χ4n) is 1.23. The Balaban J connectivity index is 2.89. The van der Waals surface area contributed by atoms with Crippen molar-refractivity contribution in [2.45, 2.75) is 10.5 Å². The molecule has 1 rings (SSSR count). The van der Waals surface area contributed by atoms with E-state index in [4.69, 9.17) is 11.2 Å². The van der Waals surface area contributed by atoms with Crippen LogP contribution in [0.1, 0.15) is 12.5 Å². The zero-order valence-electron chi connectivity index (χ0n) is 8.88. The molecule has 1 aromatic carbocycles. The molecule has 1 unspecified atom stereocenters. The van der Waals surface area contributed by atoms with Gasteiger partial charge in [0.1, 0.15) is 5.75 Å². The minimum Gasteiger partial charge on any atom is -0.497 e. The summed E-state index contributed by atoms with van der Waals surface area (Å²) in [7, 11) is 1.67.